The Morgan fingerprint density at radius 3 is 2.14 bits per heavy atom. The zero-order chi connectivity index (χ0) is 26.0. The predicted molar refractivity (Wildman–Crippen MR) is 130 cm³/mol. The van der Waals surface area contributed by atoms with E-state index in [-0.39, 0.29) is 35.7 Å². The second-order valence-electron chi connectivity index (χ2n) is 8.70. The standard InChI is InChI=1S/C24H27NO8S2/c1-24(2,3)15-6-8-16(9-7-15)34-17-10-11-19(20(12-17)35(28,29)30)25-14-33-13-18(22(26)31-4)21(25)23(27)32-5/h6-12H,13-14H2,1-5H3,(H,28,29,30). The molecule has 0 amide bonds. The van der Waals surface area contributed by atoms with Crippen LogP contribution in [0.2, 0.25) is 0 Å². The van der Waals surface area contributed by atoms with Crippen LogP contribution in [-0.2, 0) is 39.3 Å². The molecule has 9 nitrogen and oxygen atoms in total. The zero-order valence-electron chi connectivity index (χ0n) is 20.0. The van der Waals surface area contributed by atoms with Gasteiger partial charge in [-0.25, -0.2) is 9.59 Å². The summed E-state index contributed by atoms with van der Waals surface area (Å²) in [5.41, 5.74) is 0.733. The van der Waals surface area contributed by atoms with Crippen LogP contribution < -0.4 is 4.90 Å². The maximum atomic E-state index is 12.5. The third-order valence-corrected chi connectivity index (χ3v) is 7.17. The molecule has 0 saturated carbocycles. The van der Waals surface area contributed by atoms with Gasteiger partial charge in [-0.15, -0.1) is 0 Å². The number of methoxy groups -OCH3 is 2. The molecular formula is C24H27NO8S2. The van der Waals surface area contributed by atoms with Crippen molar-refractivity contribution in [1.82, 2.24) is 0 Å². The highest BCUT2D eigenvalue weighted by Gasteiger charge is 2.35. The van der Waals surface area contributed by atoms with Crippen LogP contribution in [0.3, 0.4) is 0 Å². The van der Waals surface area contributed by atoms with Gasteiger partial charge < -0.3 is 19.1 Å². The van der Waals surface area contributed by atoms with Gasteiger partial charge in [0.25, 0.3) is 10.1 Å². The average Bonchev–Trinajstić information content (AvgIpc) is 2.81. The summed E-state index contributed by atoms with van der Waals surface area (Å²) in [5, 5.41) is 0. The first-order chi connectivity index (χ1) is 16.4. The molecule has 3 rings (SSSR count). The first-order valence-electron chi connectivity index (χ1n) is 10.5. The molecule has 1 N–H and O–H groups in total. The summed E-state index contributed by atoms with van der Waals surface area (Å²) >= 11 is 1.31. The largest absolute Gasteiger partial charge is 0.466 e. The maximum Gasteiger partial charge on any atom is 0.355 e. The van der Waals surface area contributed by atoms with E-state index in [1.165, 1.54) is 23.9 Å². The minimum absolute atomic E-state index is 0.00654. The van der Waals surface area contributed by atoms with Gasteiger partial charge in [0.1, 0.15) is 17.3 Å². The third-order valence-electron chi connectivity index (χ3n) is 5.29. The smallest absolute Gasteiger partial charge is 0.355 e. The molecule has 1 aliphatic heterocycles. The summed E-state index contributed by atoms with van der Waals surface area (Å²) in [6.45, 7) is 5.85. The fraction of sp³-hybridized carbons (Fsp3) is 0.333. The van der Waals surface area contributed by atoms with Gasteiger partial charge in [0.15, 0.2) is 0 Å². The first-order valence-corrected chi connectivity index (χ1v) is 12.8. The van der Waals surface area contributed by atoms with E-state index < -0.39 is 27.0 Å². The van der Waals surface area contributed by atoms with Crippen LogP contribution in [0.25, 0.3) is 0 Å². The van der Waals surface area contributed by atoms with E-state index in [0.29, 0.717) is 4.90 Å². The van der Waals surface area contributed by atoms with E-state index in [1.54, 1.807) is 6.07 Å². The van der Waals surface area contributed by atoms with Gasteiger partial charge in [-0.2, -0.15) is 8.42 Å². The second kappa shape index (κ2) is 10.4. The van der Waals surface area contributed by atoms with Gasteiger partial charge in [-0.1, -0.05) is 44.7 Å². The van der Waals surface area contributed by atoms with Gasteiger partial charge in [0.2, 0.25) is 0 Å². The Kier molecular flexibility index (Phi) is 7.95. The molecule has 11 heteroatoms. The molecule has 2 aromatic carbocycles. The molecule has 0 fully saturated rings. The number of ether oxygens (including phenoxy) is 3. The van der Waals surface area contributed by atoms with Crippen LogP contribution in [0.4, 0.5) is 5.69 Å². The van der Waals surface area contributed by atoms with Crippen LogP contribution in [0.1, 0.15) is 26.3 Å². The van der Waals surface area contributed by atoms with Gasteiger partial charge >= 0.3 is 11.9 Å². The topological polar surface area (TPSA) is 119 Å². The lowest BCUT2D eigenvalue weighted by molar-refractivity contribution is -0.140. The van der Waals surface area contributed by atoms with E-state index in [9.17, 15) is 22.6 Å². The average molecular weight is 522 g/mol. The minimum atomic E-state index is -4.72. The molecule has 0 spiro atoms. The highest BCUT2D eigenvalue weighted by Crippen LogP contribution is 2.37. The lowest BCUT2D eigenvalue weighted by atomic mass is 9.87. The summed E-state index contributed by atoms with van der Waals surface area (Å²) in [4.78, 5) is 26.9. The number of rotatable bonds is 6. The Balaban J connectivity index is 2.06. The van der Waals surface area contributed by atoms with Crippen LogP contribution in [-0.4, -0.2) is 52.5 Å². The van der Waals surface area contributed by atoms with Crippen molar-refractivity contribution in [3.05, 3.63) is 59.3 Å². The lowest BCUT2D eigenvalue weighted by Gasteiger charge is -2.32. The third kappa shape index (κ3) is 6.04. The van der Waals surface area contributed by atoms with Crippen molar-refractivity contribution in [3.63, 3.8) is 0 Å². The van der Waals surface area contributed by atoms with Gasteiger partial charge in [-0.05, 0) is 41.3 Å². The van der Waals surface area contributed by atoms with Gasteiger partial charge in [0.05, 0.1) is 32.1 Å². The minimum Gasteiger partial charge on any atom is -0.466 e. The first kappa shape index (κ1) is 26.7. The molecule has 0 aromatic heterocycles. The van der Waals surface area contributed by atoms with Gasteiger partial charge in [-0.3, -0.25) is 4.55 Å². The molecule has 188 valence electrons. The summed E-state index contributed by atoms with van der Waals surface area (Å²) in [5.74, 6) is -1.71. The van der Waals surface area contributed by atoms with Crippen LogP contribution >= 0.6 is 11.8 Å². The van der Waals surface area contributed by atoms with Crippen molar-refractivity contribution in [2.75, 3.05) is 32.5 Å². The molecule has 0 saturated heterocycles. The van der Waals surface area contributed by atoms with E-state index in [4.69, 9.17) is 14.2 Å². The van der Waals surface area contributed by atoms with Crippen molar-refractivity contribution in [1.29, 1.82) is 0 Å². The molecule has 1 heterocycles. The lowest BCUT2D eigenvalue weighted by Crippen LogP contribution is -2.39. The van der Waals surface area contributed by atoms with Crippen molar-refractivity contribution >= 4 is 39.5 Å². The van der Waals surface area contributed by atoms with Crippen molar-refractivity contribution < 1.29 is 36.8 Å². The van der Waals surface area contributed by atoms with Crippen LogP contribution in [0.15, 0.2) is 68.4 Å². The number of benzene rings is 2. The Labute approximate surface area is 208 Å². The van der Waals surface area contributed by atoms with E-state index in [1.807, 2.05) is 24.3 Å². The highest BCUT2D eigenvalue weighted by molar-refractivity contribution is 7.99. The van der Waals surface area contributed by atoms with Crippen molar-refractivity contribution in [3.8, 4) is 0 Å². The van der Waals surface area contributed by atoms with E-state index >= 15 is 0 Å². The molecule has 35 heavy (non-hydrogen) atoms. The number of hydrogen-bond donors (Lipinski definition) is 1. The molecule has 1 aliphatic rings. The highest BCUT2D eigenvalue weighted by atomic mass is 32.2. The molecule has 0 aliphatic carbocycles. The second-order valence-corrected chi connectivity index (χ2v) is 11.2. The summed E-state index contributed by atoms with van der Waals surface area (Å²) in [6.07, 6.45) is 0. The van der Waals surface area contributed by atoms with Crippen LogP contribution in [0, 0.1) is 0 Å². The van der Waals surface area contributed by atoms with Crippen LogP contribution in [0.5, 0.6) is 0 Å². The summed E-state index contributed by atoms with van der Waals surface area (Å²) in [7, 11) is -2.45. The van der Waals surface area contributed by atoms with Gasteiger partial charge in [0, 0.05) is 9.79 Å². The monoisotopic (exact) mass is 521 g/mol. The number of anilines is 1. The fourth-order valence-corrected chi connectivity index (χ4v) is 5.13. The summed E-state index contributed by atoms with van der Waals surface area (Å²) < 4.78 is 49.6. The Hall–Kier alpha value is -2.86. The molecule has 0 unspecified atom stereocenters. The normalized spacial score (nSPS) is 14.6. The van der Waals surface area contributed by atoms with E-state index in [0.717, 1.165) is 29.6 Å². The SMILES string of the molecule is COC(=O)C1=C(C(=O)OC)N(c2ccc(Sc3ccc(C(C)(C)C)cc3)cc2S(=O)(=O)O)COC1. The number of hydrogen-bond acceptors (Lipinski definition) is 9. The summed E-state index contributed by atoms with van der Waals surface area (Å²) in [6, 6.07) is 12.3. The molecule has 2 aromatic rings. The molecule has 0 atom stereocenters. The Morgan fingerprint density at radius 2 is 1.60 bits per heavy atom. The molecular weight excluding hydrogens is 494 g/mol. The number of carbonyl (C=O) groups excluding carboxylic acids is 2. The Bertz CT molecular complexity index is 1260. The number of carbonyl (C=O) groups is 2. The van der Waals surface area contributed by atoms with Crippen molar-refractivity contribution in [2.45, 2.75) is 40.9 Å². The molecule has 0 bridgehead atoms. The zero-order valence-corrected chi connectivity index (χ0v) is 21.7. The maximum absolute atomic E-state index is 12.5. The predicted octanol–water partition coefficient (Wildman–Crippen LogP) is 3.78. The molecule has 0 radical (unpaired) electrons. The van der Waals surface area contributed by atoms with E-state index in [2.05, 4.69) is 20.8 Å². The number of esters is 2. The Morgan fingerprint density at radius 1 is 1.00 bits per heavy atom. The quantitative estimate of drug-likeness (QED) is 0.444. The van der Waals surface area contributed by atoms with Crippen molar-refractivity contribution in [2.24, 2.45) is 0 Å². The fourth-order valence-electron chi connectivity index (χ4n) is 3.48. The number of nitrogens with zero attached hydrogens (tertiary/aromatic N) is 1.